The summed E-state index contributed by atoms with van der Waals surface area (Å²) in [5.74, 6) is 2.07. The van der Waals surface area contributed by atoms with E-state index < -0.39 is 0 Å². The Morgan fingerprint density at radius 2 is 1.70 bits per heavy atom. The van der Waals surface area contributed by atoms with Gasteiger partial charge in [0.25, 0.3) is 0 Å². The van der Waals surface area contributed by atoms with Crippen molar-refractivity contribution in [2.75, 3.05) is 20.2 Å². The topological polar surface area (TPSA) is 21.7 Å². The molecule has 3 nitrogen and oxygen atoms in total. The third-order valence-electron chi connectivity index (χ3n) is 6.23. The quantitative estimate of drug-likeness (QED) is 0.756. The van der Waals surface area contributed by atoms with Crippen LogP contribution in [0.1, 0.15) is 43.2 Å². The molecule has 0 bridgehead atoms. The van der Waals surface area contributed by atoms with E-state index in [0.29, 0.717) is 12.0 Å². The summed E-state index contributed by atoms with van der Waals surface area (Å²) in [4.78, 5) is 2.60. The van der Waals surface area contributed by atoms with Crippen LogP contribution in [0.25, 0.3) is 0 Å². The van der Waals surface area contributed by atoms with E-state index in [1.54, 1.807) is 19.2 Å². The second kappa shape index (κ2) is 7.89. The van der Waals surface area contributed by atoms with E-state index in [-0.39, 0.29) is 11.9 Å². The number of benzene rings is 2. The standard InChI is InChI=1S/C23H28FNO2/c1-16(22-10-4-17-3-7-21(26-2)15-23(17)22)25-13-11-20(12-14-25)27-19-8-5-18(24)6-9-19/h3,5-9,15-16,20,22H,4,10-14H2,1-2H3. The molecule has 1 fully saturated rings. The molecule has 2 aromatic rings. The lowest BCUT2D eigenvalue weighted by atomic mass is 9.91. The van der Waals surface area contributed by atoms with Gasteiger partial charge in [0.1, 0.15) is 23.4 Å². The highest BCUT2D eigenvalue weighted by molar-refractivity contribution is 5.42. The number of rotatable bonds is 5. The monoisotopic (exact) mass is 369 g/mol. The molecular weight excluding hydrogens is 341 g/mol. The molecule has 2 atom stereocenters. The van der Waals surface area contributed by atoms with Crippen LogP contribution >= 0.6 is 0 Å². The summed E-state index contributed by atoms with van der Waals surface area (Å²) in [6.45, 7) is 4.45. The van der Waals surface area contributed by atoms with Gasteiger partial charge >= 0.3 is 0 Å². The van der Waals surface area contributed by atoms with Crippen LogP contribution in [0.2, 0.25) is 0 Å². The number of aryl methyl sites for hydroxylation is 1. The van der Waals surface area contributed by atoms with Crippen LogP contribution in [0.5, 0.6) is 11.5 Å². The molecule has 27 heavy (non-hydrogen) atoms. The Balaban J connectivity index is 1.35. The average Bonchev–Trinajstić information content (AvgIpc) is 3.13. The Kier molecular flexibility index (Phi) is 5.35. The zero-order chi connectivity index (χ0) is 18.8. The molecule has 1 saturated heterocycles. The lowest BCUT2D eigenvalue weighted by Crippen LogP contribution is -2.45. The minimum Gasteiger partial charge on any atom is -0.497 e. The lowest BCUT2D eigenvalue weighted by molar-refractivity contribution is 0.0719. The third kappa shape index (κ3) is 3.96. The van der Waals surface area contributed by atoms with E-state index in [1.165, 1.54) is 36.1 Å². The molecule has 0 N–H and O–H groups in total. The summed E-state index contributed by atoms with van der Waals surface area (Å²) in [6.07, 6.45) is 4.63. The van der Waals surface area contributed by atoms with Crippen molar-refractivity contribution in [3.05, 3.63) is 59.4 Å². The fourth-order valence-electron chi connectivity index (χ4n) is 4.60. The number of likely N-dealkylation sites (tertiary alicyclic amines) is 1. The number of hydrogen-bond donors (Lipinski definition) is 0. The van der Waals surface area contributed by atoms with Crippen molar-refractivity contribution >= 4 is 0 Å². The number of piperidine rings is 1. The molecule has 0 radical (unpaired) electrons. The van der Waals surface area contributed by atoms with E-state index in [2.05, 4.69) is 30.0 Å². The molecule has 0 aromatic heterocycles. The smallest absolute Gasteiger partial charge is 0.123 e. The number of nitrogens with zero attached hydrogens (tertiary/aromatic N) is 1. The second-order valence-electron chi connectivity index (χ2n) is 7.76. The summed E-state index contributed by atoms with van der Waals surface area (Å²) in [7, 11) is 1.74. The van der Waals surface area contributed by atoms with Crippen molar-refractivity contribution < 1.29 is 13.9 Å². The van der Waals surface area contributed by atoms with Gasteiger partial charge in [-0.2, -0.15) is 0 Å². The molecule has 0 spiro atoms. The number of fused-ring (bicyclic) bond motifs is 1. The van der Waals surface area contributed by atoms with Crippen molar-refractivity contribution in [2.45, 2.75) is 50.7 Å². The maximum atomic E-state index is 13.0. The second-order valence-corrected chi connectivity index (χ2v) is 7.76. The largest absolute Gasteiger partial charge is 0.497 e. The van der Waals surface area contributed by atoms with Gasteiger partial charge in [0.2, 0.25) is 0 Å². The van der Waals surface area contributed by atoms with Crippen molar-refractivity contribution in [3.63, 3.8) is 0 Å². The molecule has 1 aliphatic carbocycles. The minimum absolute atomic E-state index is 0.217. The van der Waals surface area contributed by atoms with Crippen molar-refractivity contribution in [1.82, 2.24) is 4.90 Å². The van der Waals surface area contributed by atoms with E-state index in [1.807, 2.05) is 0 Å². The first-order chi connectivity index (χ1) is 13.1. The molecule has 2 unspecified atom stereocenters. The van der Waals surface area contributed by atoms with Gasteiger partial charge in [0.05, 0.1) is 7.11 Å². The summed E-state index contributed by atoms with van der Waals surface area (Å²) in [5, 5.41) is 0. The Labute approximate surface area is 161 Å². The van der Waals surface area contributed by atoms with E-state index in [4.69, 9.17) is 9.47 Å². The number of halogens is 1. The van der Waals surface area contributed by atoms with Crippen LogP contribution < -0.4 is 9.47 Å². The summed E-state index contributed by atoms with van der Waals surface area (Å²) in [6, 6.07) is 13.4. The minimum atomic E-state index is -0.223. The van der Waals surface area contributed by atoms with Gasteiger partial charge in [-0.15, -0.1) is 0 Å². The summed E-state index contributed by atoms with van der Waals surface area (Å²) >= 11 is 0. The number of methoxy groups -OCH3 is 1. The fourth-order valence-corrected chi connectivity index (χ4v) is 4.60. The Hall–Kier alpha value is -2.07. The number of hydrogen-bond acceptors (Lipinski definition) is 3. The first-order valence-corrected chi connectivity index (χ1v) is 9.97. The van der Waals surface area contributed by atoms with Crippen LogP contribution in [-0.4, -0.2) is 37.2 Å². The lowest BCUT2D eigenvalue weighted by Gasteiger charge is -2.38. The van der Waals surface area contributed by atoms with Crippen molar-refractivity contribution in [3.8, 4) is 11.5 Å². The van der Waals surface area contributed by atoms with Crippen LogP contribution in [0.3, 0.4) is 0 Å². The normalized spacial score (nSPS) is 21.7. The van der Waals surface area contributed by atoms with Gasteiger partial charge in [0.15, 0.2) is 0 Å². The highest BCUT2D eigenvalue weighted by Gasteiger charge is 2.33. The van der Waals surface area contributed by atoms with Crippen LogP contribution in [0.4, 0.5) is 4.39 Å². The summed E-state index contributed by atoms with van der Waals surface area (Å²) < 4.78 is 24.5. The predicted molar refractivity (Wildman–Crippen MR) is 105 cm³/mol. The molecule has 144 valence electrons. The van der Waals surface area contributed by atoms with Gasteiger partial charge < -0.3 is 9.47 Å². The molecule has 2 aliphatic rings. The Bertz CT molecular complexity index is 768. The van der Waals surface area contributed by atoms with E-state index >= 15 is 0 Å². The first-order valence-electron chi connectivity index (χ1n) is 9.97. The first kappa shape index (κ1) is 18.3. The molecule has 2 aromatic carbocycles. The molecule has 1 aliphatic heterocycles. The maximum absolute atomic E-state index is 13.0. The van der Waals surface area contributed by atoms with Crippen molar-refractivity contribution in [1.29, 1.82) is 0 Å². The van der Waals surface area contributed by atoms with E-state index in [9.17, 15) is 4.39 Å². The zero-order valence-electron chi connectivity index (χ0n) is 16.2. The van der Waals surface area contributed by atoms with Crippen LogP contribution in [0, 0.1) is 5.82 Å². The highest BCUT2D eigenvalue weighted by atomic mass is 19.1. The van der Waals surface area contributed by atoms with Crippen LogP contribution in [0.15, 0.2) is 42.5 Å². The Morgan fingerprint density at radius 3 is 2.41 bits per heavy atom. The molecule has 1 heterocycles. The molecule has 0 amide bonds. The molecule has 0 saturated carbocycles. The van der Waals surface area contributed by atoms with Gasteiger partial charge in [-0.05, 0) is 86.1 Å². The van der Waals surface area contributed by atoms with Gasteiger partial charge in [-0.25, -0.2) is 4.39 Å². The molecule has 4 heteroatoms. The predicted octanol–water partition coefficient (Wildman–Crippen LogP) is 4.80. The molecule has 4 rings (SSSR count). The zero-order valence-corrected chi connectivity index (χ0v) is 16.2. The Morgan fingerprint density at radius 1 is 1.00 bits per heavy atom. The average molecular weight is 369 g/mol. The van der Waals surface area contributed by atoms with Gasteiger partial charge in [-0.3, -0.25) is 4.90 Å². The van der Waals surface area contributed by atoms with Gasteiger partial charge in [0, 0.05) is 19.1 Å². The fraction of sp³-hybridized carbons (Fsp3) is 0.478. The van der Waals surface area contributed by atoms with E-state index in [0.717, 1.165) is 37.4 Å². The SMILES string of the molecule is COc1ccc2c(c1)C(C(C)N1CCC(Oc3ccc(F)cc3)CC1)CC2. The summed E-state index contributed by atoms with van der Waals surface area (Å²) in [5.41, 5.74) is 2.94. The van der Waals surface area contributed by atoms with Gasteiger partial charge in [-0.1, -0.05) is 6.07 Å². The maximum Gasteiger partial charge on any atom is 0.123 e. The molecular formula is C23H28FNO2. The number of ether oxygens (including phenoxy) is 2. The van der Waals surface area contributed by atoms with Crippen LogP contribution in [-0.2, 0) is 6.42 Å². The highest BCUT2D eigenvalue weighted by Crippen LogP contribution is 2.39. The third-order valence-corrected chi connectivity index (χ3v) is 6.23. The van der Waals surface area contributed by atoms with Crippen molar-refractivity contribution in [2.24, 2.45) is 0 Å².